The van der Waals surface area contributed by atoms with E-state index >= 15 is 0 Å². The number of rotatable bonds is 6. The molecule has 2 aromatic carbocycles. The van der Waals surface area contributed by atoms with Crippen molar-refractivity contribution in [1.29, 1.82) is 0 Å². The van der Waals surface area contributed by atoms with E-state index in [9.17, 15) is 14.0 Å². The molecule has 1 unspecified atom stereocenters. The Kier molecular flexibility index (Phi) is 6.49. The van der Waals surface area contributed by atoms with Gasteiger partial charge in [-0.25, -0.2) is 4.39 Å². The SMILES string of the molecule is CCOC(=O)CC(NC(=O)c1cc(Br)ccc1F)c1ccccc1. The molecule has 2 aromatic rings. The lowest BCUT2D eigenvalue weighted by Gasteiger charge is -2.19. The minimum absolute atomic E-state index is 0.0286. The number of hydrogen-bond donors (Lipinski definition) is 1. The topological polar surface area (TPSA) is 55.4 Å². The molecule has 0 saturated heterocycles. The summed E-state index contributed by atoms with van der Waals surface area (Å²) in [5, 5.41) is 2.71. The Bertz CT molecular complexity index is 721. The minimum atomic E-state index is -0.626. The fourth-order valence-corrected chi connectivity index (χ4v) is 2.59. The van der Waals surface area contributed by atoms with Crippen LogP contribution in [-0.4, -0.2) is 18.5 Å². The smallest absolute Gasteiger partial charge is 0.308 e. The van der Waals surface area contributed by atoms with E-state index in [0.717, 1.165) is 5.56 Å². The predicted octanol–water partition coefficient (Wildman–Crippen LogP) is 4.01. The summed E-state index contributed by atoms with van der Waals surface area (Å²) in [4.78, 5) is 24.2. The van der Waals surface area contributed by atoms with Gasteiger partial charge in [-0.3, -0.25) is 9.59 Å². The number of benzene rings is 2. The summed E-state index contributed by atoms with van der Waals surface area (Å²) in [6.45, 7) is 1.97. The zero-order valence-corrected chi connectivity index (χ0v) is 14.7. The van der Waals surface area contributed by atoms with Gasteiger partial charge in [0, 0.05) is 4.47 Å². The van der Waals surface area contributed by atoms with Crippen molar-refractivity contribution < 1.29 is 18.7 Å². The summed E-state index contributed by atoms with van der Waals surface area (Å²) >= 11 is 3.22. The molecule has 0 spiro atoms. The highest BCUT2D eigenvalue weighted by atomic mass is 79.9. The standard InChI is InChI=1S/C18H17BrFNO3/c1-2-24-17(22)11-16(12-6-4-3-5-7-12)21-18(23)14-10-13(19)8-9-15(14)20/h3-10,16H,2,11H2,1H3,(H,21,23). The van der Waals surface area contributed by atoms with Gasteiger partial charge in [0.25, 0.3) is 5.91 Å². The van der Waals surface area contributed by atoms with Crippen LogP contribution >= 0.6 is 15.9 Å². The highest BCUT2D eigenvalue weighted by molar-refractivity contribution is 9.10. The van der Waals surface area contributed by atoms with Crippen molar-refractivity contribution >= 4 is 27.8 Å². The Morgan fingerprint density at radius 2 is 1.92 bits per heavy atom. The third kappa shape index (κ3) is 4.89. The molecule has 6 heteroatoms. The van der Waals surface area contributed by atoms with Crippen LogP contribution in [0.15, 0.2) is 53.0 Å². The minimum Gasteiger partial charge on any atom is -0.466 e. The Balaban J connectivity index is 2.22. The number of carbonyl (C=O) groups excluding carboxylic acids is 2. The molecule has 2 rings (SSSR count). The zero-order valence-electron chi connectivity index (χ0n) is 13.1. The molecular formula is C18H17BrFNO3. The van der Waals surface area contributed by atoms with Gasteiger partial charge in [0.1, 0.15) is 5.82 Å². The average molecular weight is 394 g/mol. The second-order valence-electron chi connectivity index (χ2n) is 5.07. The largest absolute Gasteiger partial charge is 0.466 e. The van der Waals surface area contributed by atoms with Gasteiger partial charge in [-0.15, -0.1) is 0 Å². The Labute approximate surface area is 148 Å². The predicted molar refractivity (Wildman–Crippen MR) is 92.0 cm³/mol. The van der Waals surface area contributed by atoms with E-state index in [1.54, 1.807) is 31.2 Å². The molecule has 0 radical (unpaired) electrons. The second kappa shape index (κ2) is 8.59. The van der Waals surface area contributed by atoms with Gasteiger partial charge < -0.3 is 10.1 Å². The van der Waals surface area contributed by atoms with Crippen molar-refractivity contribution in [1.82, 2.24) is 5.32 Å². The number of nitrogens with one attached hydrogen (secondary N) is 1. The van der Waals surface area contributed by atoms with Gasteiger partial charge in [0.15, 0.2) is 0 Å². The van der Waals surface area contributed by atoms with Gasteiger partial charge in [0.2, 0.25) is 0 Å². The van der Waals surface area contributed by atoms with Crippen LogP contribution in [0.2, 0.25) is 0 Å². The maximum absolute atomic E-state index is 13.9. The van der Waals surface area contributed by atoms with Gasteiger partial charge in [0.05, 0.1) is 24.6 Å². The highest BCUT2D eigenvalue weighted by Crippen LogP contribution is 2.20. The lowest BCUT2D eigenvalue weighted by atomic mass is 10.0. The van der Waals surface area contributed by atoms with E-state index < -0.39 is 23.7 Å². The van der Waals surface area contributed by atoms with Gasteiger partial charge in [-0.2, -0.15) is 0 Å². The van der Waals surface area contributed by atoms with Crippen LogP contribution in [0.1, 0.15) is 35.3 Å². The van der Waals surface area contributed by atoms with E-state index in [0.29, 0.717) is 4.47 Å². The molecule has 1 N–H and O–H groups in total. The van der Waals surface area contributed by atoms with Crippen molar-refractivity contribution in [2.24, 2.45) is 0 Å². The molecule has 0 bridgehead atoms. The van der Waals surface area contributed by atoms with E-state index in [1.807, 2.05) is 6.07 Å². The summed E-state index contributed by atoms with van der Waals surface area (Å²) in [6.07, 6.45) is -0.0286. The van der Waals surface area contributed by atoms with Crippen LogP contribution in [-0.2, 0) is 9.53 Å². The first-order chi connectivity index (χ1) is 11.5. The third-order valence-corrected chi connectivity index (χ3v) is 3.85. The zero-order chi connectivity index (χ0) is 17.5. The molecule has 1 atom stereocenters. The fourth-order valence-electron chi connectivity index (χ4n) is 2.23. The van der Waals surface area contributed by atoms with Crippen molar-refractivity contribution in [3.63, 3.8) is 0 Å². The molecule has 0 aromatic heterocycles. The normalized spacial score (nSPS) is 11.6. The van der Waals surface area contributed by atoms with Crippen LogP contribution in [0.5, 0.6) is 0 Å². The number of amides is 1. The first-order valence-corrected chi connectivity index (χ1v) is 8.27. The molecular weight excluding hydrogens is 377 g/mol. The van der Waals surface area contributed by atoms with Gasteiger partial charge in [-0.1, -0.05) is 46.3 Å². The highest BCUT2D eigenvalue weighted by Gasteiger charge is 2.21. The second-order valence-corrected chi connectivity index (χ2v) is 5.99. The van der Waals surface area contributed by atoms with Crippen molar-refractivity contribution in [3.05, 3.63) is 69.9 Å². The Morgan fingerprint density at radius 1 is 1.21 bits per heavy atom. The van der Waals surface area contributed by atoms with Crippen LogP contribution < -0.4 is 5.32 Å². The molecule has 4 nitrogen and oxygen atoms in total. The Hall–Kier alpha value is -2.21. The first kappa shape index (κ1) is 18.1. The maximum atomic E-state index is 13.9. The van der Waals surface area contributed by atoms with Crippen LogP contribution in [0.4, 0.5) is 4.39 Å². The van der Waals surface area contributed by atoms with E-state index in [4.69, 9.17) is 4.74 Å². The Morgan fingerprint density at radius 3 is 2.58 bits per heavy atom. The van der Waals surface area contributed by atoms with Crippen molar-refractivity contribution in [2.45, 2.75) is 19.4 Å². The van der Waals surface area contributed by atoms with Crippen LogP contribution in [0.25, 0.3) is 0 Å². The van der Waals surface area contributed by atoms with Crippen LogP contribution in [0, 0.1) is 5.82 Å². The molecule has 0 aliphatic heterocycles. The van der Waals surface area contributed by atoms with E-state index in [2.05, 4.69) is 21.2 Å². The molecule has 0 aliphatic carbocycles. The third-order valence-electron chi connectivity index (χ3n) is 3.36. The monoisotopic (exact) mass is 393 g/mol. The van der Waals surface area contributed by atoms with Crippen molar-refractivity contribution in [3.8, 4) is 0 Å². The van der Waals surface area contributed by atoms with E-state index in [1.165, 1.54) is 18.2 Å². The van der Waals surface area contributed by atoms with E-state index in [-0.39, 0.29) is 18.6 Å². The summed E-state index contributed by atoms with van der Waals surface area (Å²) in [5.41, 5.74) is 0.656. The van der Waals surface area contributed by atoms with Crippen molar-refractivity contribution in [2.75, 3.05) is 6.61 Å². The molecule has 1 amide bonds. The lowest BCUT2D eigenvalue weighted by molar-refractivity contribution is -0.143. The number of halogens is 2. The van der Waals surface area contributed by atoms with Crippen LogP contribution in [0.3, 0.4) is 0 Å². The summed E-state index contributed by atoms with van der Waals surface area (Å²) in [6, 6.07) is 12.6. The average Bonchev–Trinajstić information content (AvgIpc) is 2.57. The maximum Gasteiger partial charge on any atom is 0.308 e. The summed E-state index contributed by atoms with van der Waals surface area (Å²) < 4.78 is 19.4. The molecule has 0 saturated carbocycles. The number of ether oxygens (including phenoxy) is 1. The number of carbonyl (C=O) groups is 2. The summed E-state index contributed by atoms with van der Waals surface area (Å²) in [5.74, 6) is -1.65. The van der Waals surface area contributed by atoms with Gasteiger partial charge >= 0.3 is 5.97 Å². The first-order valence-electron chi connectivity index (χ1n) is 7.47. The number of hydrogen-bond acceptors (Lipinski definition) is 3. The molecule has 0 fully saturated rings. The quantitative estimate of drug-likeness (QED) is 0.754. The lowest BCUT2D eigenvalue weighted by Crippen LogP contribution is -2.31. The molecule has 0 heterocycles. The summed E-state index contributed by atoms with van der Waals surface area (Å²) in [7, 11) is 0. The fraction of sp³-hybridized carbons (Fsp3) is 0.222. The molecule has 126 valence electrons. The molecule has 24 heavy (non-hydrogen) atoms. The van der Waals surface area contributed by atoms with Gasteiger partial charge in [-0.05, 0) is 30.7 Å². The molecule has 0 aliphatic rings. The number of esters is 1.